The third kappa shape index (κ3) is 2.82. The van der Waals surface area contributed by atoms with Crippen molar-refractivity contribution in [1.29, 1.82) is 0 Å². The number of hydrogen-bond acceptors (Lipinski definition) is 3. The van der Waals surface area contributed by atoms with Crippen molar-refractivity contribution >= 4 is 5.91 Å². The minimum atomic E-state index is -2.79. The average Bonchev–Trinajstić information content (AvgIpc) is 2.57. The van der Waals surface area contributed by atoms with Crippen molar-refractivity contribution in [1.82, 2.24) is 9.88 Å². The zero-order valence-corrected chi connectivity index (χ0v) is 12.1. The minimum Gasteiger partial charge on any atom is -0.476 e. The van der Waals surface area contributed by atoms with E-state index in [9.17, 15) is 18.0 Å². The highest BCUT2D eigenvalue weighted by atomic mass is 19.3. The van der Waals surface area contributed by atoms with E-state index in [-0.39, 0.29) is 19.0 Å². The summed E-state index contributed by atoms with van der Waals surface area (Å²) in [5.41, 5.74) is -1.43. The van der Waals surface area contributed by atoms with E-state index < -0.39 is 29.6 Å². The summed E-state index contributed by atoms with van der Waals surface area (Å²) < 4.78 is 44.8. The predicted molar refractivity (Wildman–Crippen MR) is 69.6 cm³/mol. The summed E-state index contributed by atoms with van der Waals surface area (Å²) in [6.45, 7) is 4.32. The maximum absolute atomic E-state index is 13.3. The normalized spacial score (nSPS) is 19.0. The molecule has 0 spiro atoms. The fourth-order valence-corrected chi connectivity index (χ4v) is 2.21. The lowest BCUT2D eigenvalue weighted by Crippen LogP contribution is -2.46. The van der Waals surface area contributed by atoms with Gasteiger partial charge >= 0.3 is 0 Å². The molecule has 1 atom stereocenters. The second-order valence-electron chi connectivity index (χ2n) is 5.59. The van der Waals surface area contributed by atoms with Crippen LogP contribution in [0.15, 0.2) is 12.3 Å². The number of aromatic nitrogens is 1. The lowest BCUT2D eigenvalue weighted by atomic mass is 9.91. The van der Waals surface area contributed by atoms with Gasteiger partial charge in [0, 0.05) is 5.56 Å². The van der Waals surface area contributed by atoms with Gasteiger partial charge in [-0.15, -0.1) is 0 Å². The van der Waals surface area contributed by atoms with Crippen molar-refractivity contribution in [2.75, 3.05) is 13.2 Å². The van der Waals surface area contributed by atoms with Crippen molar-refractivity contribution in [3.63, 3.8) is 0 Å². The van der Waals surface area contributed by atoms with E-state index in [1.807, 2.05) is 0 Å². The molecular weight excluding hydrogens is 285 g/mol. The summed E-state index contributed by atoms with van der Waals surface area (Å²) in [5.74, 6) is -1.02. The molecule has 1 aliphatic heterocycles. The molecule has 0 saturated carbocycles. The van der Waals surface area contributed by atoms with Crippen LogP contribution in [0.1, 0.15) is 32.4 Å². The van der Waals surface area contributed by atoms with Crippen molar-refractivity contribution in [3.05, 3.63) is 23.6 Å². The molecule has 2 rings (SSSR count). The van der Waals surface area contributed by atoms with Gasteiger partial charge in [-0.05, 0) is 26.8 Å². The largest absolute Gasteiger partial charge is 0.476 e. The smallest absolute Gasteiger partial charge is 0.252 e. The number of halogens is 3. The van der Waals surface area contributed by atoms with Crippen LogP contribution in [0.3, 0.4) is 0 Å². The molecule has 0 saturated heterocycles. The standard InChI is InChI=1S/C14H17F3N2O2/c1-8-10-6-9(15)7-18-11(10)21-5-4-19(8)13(20)14(2,3)12(16)17/h6-8,12H,4-5H2,1-3H3/t8-/m0/s1. The maximum Gasteiger partial charge on any atom is 0.252 e. The van der Waals surface area contributed by atoms with Gasteiger partial charge < -0.3 is 9.64 Å². The highest BCUT2D eigenvalue weighted by Crippen LogP contribution is 2.35. The topological polar surface area (TPSA) is 42.4 Å². The Morgan fingerprint density at radius 3 is 2.81 bits per heavy atom. The molecule has 2 heterocycles. The Kier molecular flexibility index (Phi) is 4.11. The van der Waals surface area contributed by atoms with Crippen LogP contribution in [0, 0.1) is 11.2 Å². The summed E-state index contributed by atoms with van der Waals surface area (Å²) in [4.78, 5) is 17.5. The van der Waals surface area contributed by atoms with Crippen molar-refractivity contribution < 1.29 is 22.7 Å². The maximum atomic E-state index is 13.3. The number of rotatable bonds is 2. The number of amides is 1. The van der Waals surface area contributed by atoms with Gasteiger partial charge in [0.25, 0.3) is 6.43 Å². The van der Waals surface area contributed by atoms with Crippen molar-refractivity contribution in [2.24, 2.45) is 5.41 Å². The Hall–Kier alpha value is -1.79. The lowest BCUT2D eigenvalue weighted by molar-refractivity contribution is -0.151. The van der Waals surface area contributed by atoms with Crippen LogP contribution in [0.25, 0.3) is 0 Å². The number of nitrogens with zero attached hydrogens (tertiary/aromatic N) is 2. The fraction of sp³-hybridized carbons (Fsp3) is 0.571. The molecule has 1 aromatic rings. The van der Waals surface area contributed by atoms with Crippen LogP contribution in [0.5, 0.6) is 5.88 Å². The Morgan fingerprint density at radius 2 is 2.19 bits per heavy atom. The van der Waals surface area contributed by atoms with Gasteiger partial charge in [0.2, 0.25) is 11.8 Å². The molecule has 0 aliphatic carbocycles. The molecule has 116 valence electrons. The molecular formula is C14H17F3N2O2. The molecule has 4 nitrogen and oxygen atoms in total. The van der Waals surface area contributed by atoms with Gasteiger partial charge in [0.15, 0.2) is 0 Å². The Balaban J connectivity index is 2.36. The Bertz CT molecular complexity index is 549. The second kappa shape index (κ2) is 5.54. The number of pyridine rings is 1. The van der Waals surface area contributed by atoms with Gasteiger partial charge in [-0.1, -0.05) is 0 Å². The molecule has 0 fully saturated rings. The lowest BCUT2D eigenvalue weighted by Gasteiger charge is -2.34. The summed E-state index contributed by atoms with van der Waals surface area (Å²) in [5, 5.41) is 0. The summed E-state index contributed by atoms with van der Waals surface area (Å²) in [6, 6.07) is 0.629. The molecule has 0 bridgehead atoms. The van der Waals surface area contributed by atoms with E-state index in [0.717, 1.165) is 6.20 Å². The molecule has 0 aromatic carbocycles. The van der Waals surface area contributed by atoms with Gasteiger partial charge in [-0.2, -0.15) is 0 Å². The first-order valence-electron chi connectivity index (χ1n) is 6.62. The van der Waals surface area contributed by atoms with Crippen LogP contribution in [0.4, 0.5) is 13.2 Å². The number of carbonyl (C=O) groups is 1. The molecule has 1 aliphatic rings. The number of ether oxygens (including phenoxy) is 1. The third-order valence-electron chi connectivity index (χ3n) is 3.69. The van der Waals surface area contributed by atoms with Gasteiger partial charge in [0.05, 0.1) is 18.8 Å². The predicted octanol–water partition coefficient (Wildman–Crippen LogP) is 2.79. The summed E-state index contributed by atoms with van der Waals surface area (Å²) in [6.07, 6.45) is -1.77. The van der Waals surface area contributed by atoms with E-state index in [0.29, 0.717) is 5.56 Å². The fourth-order valence-electron chi connectivity index (χ4n) is 2.21. The first kappa shape index (κ1) is 15.6. The number of hydrogen-bond donors (Lipinski definition) is 0. The first-order valence-corrected chi connectivity index (χ1v) is 6.62. The highest BCUT2D eigenvalue weighted by Gasteiger charge is 2.43. The summed E-state index contributed by atoms with van der Waals surface area (Å²) in [7, 11) is 0. The van der Waals surface area contributed by atoms with Crippen LogP contribution in [-0.4, -0.2) is 35.4 Å². The molecule has 0 unspecified atom stereocenters. The van der Waals surface area contributed by atoms with Crippen molar-refractivity contribution in [3.8, 4) is 5.88 Å². The van der Waals surface area contributed by atoms with E-state index in [1.165, 1.54) is 24.8 Å². The highest BCUT2D eigenvalue weighted by molar-refractivity contribution is 5.83. The average molecular weight is 302 g/mol. The summed E-state index contributed by atoms with van der Waals surface area (Å²) >= 11 is 0. The minimum absolute atomic E-state index is 0.126. The van der Waals surface area contributed by atoms with Gasteiger partial charge in [-0.25, -0.2) is 18.2 Å². The number of alkyl halides is 2. The molecule has 21 heavy (non-hydrogen) atoms. The number of carbonyl (C=O) groups excluding carboxylic acids is 1. The zero-order valence-electron chi connectivity index (χ0n) is 12.1. The van der Waals surface area contributed by atoms with Crippen LogP contribution < -0.4 is 4.74 Å². The van der Waals surface area contributed by atoms with E-state index in [2.05, 4.69) is 4.98 Å². The molecule has 0 N–H and O–H groups in total. The second-order valence-corrected chi connectivity index (χ2v) is 5.59. The monoisotopic (exact) mass is 302 g/mol. The third-order valence-corrected chi connectivity index (χ3v) is 3.69. The molecule has 7 heteroatoms. The van der Waals surface area contributed by atoms with Crippen molar-refractivity contribution in [2.45, 2.75) is 33.2 Å². The van der Waals surface area contributed by atoms with Crippen LogP contribution in [-0.2, 0) is 4.79 Å². The number of fused-ring (bicyclic) bond motifs is 1. The van der Waals surface area contributed by atoms with E-state index in [4.69, 9.17) is 4.74 Å². The Labute approximate surface area is 120 Å². The first-order chi connectivity index (χ1) is 9.75. The van der Waals surface area contributed by atoms with Crippen LogP contribution >= 0.6 is 0 Å². The zero-order chi connectivity index (χ0) is 15.8. The van der Waals surface area contributed by atoms with E-state index in [1.54, 1.807) is 6.92 Å². The quantitative estimate of drug-likeness (QED) is 0.843. The molecule has 1 aromatic heterocycles. The molecule has 1 amide bonds. The van der Waals surface area contributed by atoms with E-state index >= 15 is 0 Å². The van der Waals surface area contributed by atoms with Gasteiger partial charge in [-0.3, -0.25) is 4.79 Å². The van der Waals surface area contributed by atoms with Crippen LogP contribution in [0.2, 0.25) is 0 Å². The molecule has 0 radical (unpaired) electrons. The SMILES string of the molecule is C[C@H]1c2cc(F)cnc2OCCN1C(=O)C(C)(C)C(F)F. The van der Waals surface area contributed by atoms with Gasteiger partial charge in [0.1, 0.15) is 17.8 Å². The Morgan fingerprint density at radius 1 is 1.52 bits per heavy atom.